The van der Waals surface area contributed by atoms with Crippen molar-refractivity contribution in [3.05, 3.63) is 38.6 Å². The number of rotatable bonds is 3. The van der Waals surface area contributed by atoms with Gasteiger partial charge in [0.1, 0.15) is 0 Å². The monoisotopic (exact) mass is 308 g/mol. The summed E-state index contributed by atoms with van der Waals surface area (Å²) in [7, 11) is 0. The molecule has 0 aromatic carbocycles. The van der Waals surface area contributed by atoms with E-state index in [2.05, 4.69) is 17.6 Å². The van der Waals surface area contributed by atoms with Crippen molar-refractivity contribution < 1.29 is 0 Å². The van der Waals surface area contributed by atoms with Crippen LogP contribution in [0.3, 0.4) is 0 Å². The van der Waals surface area contributed by atoms with Crippen LogP contribution in [-0.2, 0) is 6.54 Å². The van der Waals surface area contributed by atoms with Gasteiger partial charge in [-0.05, 0) is 22.6 Å². The molecule has 0 radical (unpaired) electrons. The maximum atomic E-state index is 11.4. The molecular formula is C8H9IN2OS. The van der Waals surface area contributed by atoms with Gasteiger partial charge in [-0.15, -0.1) is 0 Å². The topological polar surface area (TPSA) is 34.9 Å². The van der Waals surface area contributed by atoms with Gasteiger partial charge >= 0.3 is 0 Å². The predicted molar refractivity (Wildman–Crippen MR) is 64.2 cm³/mol. The summed E-state index contributed by atoms with van der Waals surface area (Å²) in [6.07, 6.45) is 6.89. The zero-order valence-corrected chi connectivity index (χ0v) is 9.90. The number of halogens is 1. The first kappa shape index (κ1) is 10.8. The van der Waals surface area contributed by atoms with Crippen molar-refractivity contribution in [2.24, 2.45) is 0 Å². The summed E-state index contributed by atoms with van der Waals surface area (Å²) in [5.41, 5.74) is -0.000542. The van der Waals surface area contributed by atoms with Crippen molar-refractivity contribution in [2.45, 2.75) is 6.54 Å². The molecule has 0 fully saturated rings. The van der Waals surface area contributed by atoms with Crippen molar-refractivity contribution in [1.29, 1.82) is 0 Å². The minimum absolute atomic E-state index is 0.000542. The zero-order chi connectivity index (χ0) is 9.68. The highest BCUT2D eigenvalue weighted by Crippen LogP contribution is 1.93. The average molecular weight is 308 g/mol. The van der Waals surface area contributed by atoms with Crippen LogP contribution in [0.15, 0.2) is 29.5 Å². The molecule has 0 aliphatic heterocycles. The normalized spacial score (nSPS) is 10.9. The molecule has 13 heavy (non-hydrogen) atoms. The number of allylic oxidation sites excluding steroid dienone is 1. The van der Waals surface area contributed by atoms with Crippen LogP contribution in [0, 0.1) is 3.57 Å². The summed E-state index contributed by atoms with van der Waals surface area (Å²) in [5, 5.41) is 0. The molecule has 0 amide bonds. The van der Waals surface area contributed by atoms with Crippen LogP contribution < -0.4 is 5.56 Å². The molecule has 0 spiro atoms. The molecule has 1 rings (SSSR count). The minimum Gasteiger partial charge on any atom is -0.294 e. The van der Waals surface area contributed by atoms with Gasteiger partial charge in [0.05, 0.1) is 9.90 Å². The Bertz CT molecular complexity index is 361. The van der Waals surface area contributed by atoms with Gasteiger partial charge < -0.3 is 0 Å². The van der Waals surface area contributed by atoms with E-state index in [0.717, 1.165) is 0 Å². The minimum atomic E-state index is -0.000542. The van der Waals surface area contributed by atoms with Crippen LogP contribution in [0.1, 0.15) is 0 Å². The molecule has 0 atom stereocenters. The lowest BCUT2D eigenvalue weighted by Crippen LogP contribution is -2.21. The first-order valence-corrected chi connectivity index (χ1v) is 5.42. The fraction of sp³-hybridized carbons (Fsp3) is 0.250. The molecule has 0 unspecified atom stereocenters. The lowest BCUT2D eigenvalue weighted by atomic mass is 10.5. The Morgan fingerprint density at radius 3 is 3.08 bits per heavy atom. The number of aromatic nitrogens is 2. The first-order valence-electron chi connectivity index (χ1n) is 3.71. The molecule has 1 aromatic heterocycles. The van der Waals surface area contributed by atoms with Gasteiger partial charge in [-0.3, -0.25) is 9.36 Å². The molecule has 0 saturated carbocycles. The zero-order valence-electron chi connectivity index (χ0n) is 6.85. The summed E-state index contributed by atoms with van der Waals surface area (Å²) in [5.74, 6) is 0.687. The third-order valence-corrected chi connectivity index (χ3v) is 2.38. The SMILES string of the molecule is O=c1c(I)cncn1C/C=C/CS. The Balaban J connectivity index is 2.84. The van der Waals surface area contributed by atoms with Gasteiger partial charge in [-0.1, -0.05) is 12.2 Å². The number of hydrogen-bond acceptors (Lipinski definition) is 3. The molecule has 1 aromatic rings. The van der Waals surface area contributed by atoms with Crippen LogP contribution >= 0.6 is 35.2 Å². The van der Waals surface area contributed by atoms with E-state index in [4.69, 9.17) is 0 Å². The summed E-state index contributed by atoms with van der Waals surface area (Å²) in [4.78, 5) is 15.4. The van der Waals surface area contributed by atoms with E-state index in [1.54, 1.807) is 10.8 Å². The average Bonchev–Trinajstić information content (AvgIpc) is 2.13. The van der Waals surface area contributed by atoms with Gasteiger partial charge in [0.15, 0.2) is 0 Å². The van der Waals surface area contributed by atoms with E-state index in [-0.39, 0.29) is 5.56 Å². The summed E-state index contributed by atoms with van der Waals surface area (Å²) in [6, 6.07) is 0. The highest BCUT2D eigenvalue weighted by molar-refractivity contribution is 14.1. The molecule has 0 aliphatic rings. The van der Waals surface area contributed by atoms with Gasteiger partial charge in [0, 0.05) is 18.5 Å². The Morgan fingerprint density at radius 1 is 1.62 bits per heavy atom. The molecule has 3 nitrogen and oxygen atoms in total. The molecule has 5 heteroatoms. The van der Waals surface area contributed by atoms with Crippen LogP contribution in [0.5, 0.6) is 0 Å². The Kier molecular flexibility index (Phi) is 4.51. The second-order valence-corrected chi connectivity index (χ2v) is 3.88. The van der Waals surface area contributed by atoms with E-state index in [1.165, 1.54) is 6.33 Å². The highest BCUT2D eigenvalue weighted by atomic mass is 127. The van der Waals surface area contributed by atoms with Gasteiger partial charge in [0.25, 0.3) is 5.56 Å². The van der Waals surface area contributed by atoms with Gasteiger partial charge in [0.2, 0.25) is 0 Å². The van der Waals surface area contributed by atoms with E-state index in [1.807, 2.05) is 34.7 Å². The first-order chi connectivity index (χ1) is 6.25. The van der Waals surface area contributed by atoms with Gasteiger partial charge in [-0.25, -0.2) is 4.98 Å². The van der Waals surface area contributed by atoms with Crippen LogP contribution in [0.4, 0.5) is 0 Å². The van der Waals surface area contributed by atoms with Gasteiger partial charge in [-0.2, -0.15) is 12.6 Å². The second kappa shape index (κ2) is 5.43. The Morgan fingerprint density at radius 2 is 2.38 bits per heavy atom. The lowest BCUT2D eigenvalue weighted by molar-refractivity contribution is 0.746. The smallest absolute Gasteiger partial charge is 0.267 e. The quantitative estimate of drug-likeness (QED) is 0.519. The number of hydrogen-bond donors (Lipinski definition) is 1. The molecule has 70 valence electrons. The van der Waals surface area contributed by atoms with Crippen molar-refractivity contribution in [2.75, 3.05) is 5.75 Å². The predicted octanol–water partition coefficient (Wildman–Crippen LogP) is 1.33. The van der Waals surface area contributed by atoms with E-state index < -0.39 is 0 Å². The molecule has 0 N–H and O–H groups in total. The van der Waals surface area contributed by atoms with E-state index in [9.17, 15) is 4.79 Å². The fourth-order valence-electron chi connectivity index (χ4n) is 0.817. The largest absolute Gasteiger partial charge is 0.294 e. The third kappa shape index (κ3) is 3.15. The molecule has 0 bridgehead atoms. The van der Waals surface area contributed by atoms with Crippen molar-refractivity contribution >= 4 is 35.2 Å². The Hall–Kier alpha value is -0.300. The molecule has 1 heterocycles. The van der Waals surface area contributed by atoms with Crippen LogP contribution in [0.25, 0.3) is 0 Å². The van der Waals surface area contributed by atoms with E-state index >= 15 is 0 Å². The van der Waals surface area contributed by atoms with E-state index in [0.29, 0.717) is 15.9 Å². The van der Waals surface area contributed by atoms with Crippen LogP contribution in [-0.4, -0.2) is 15.3 Å². The maximum absolute atomic E-state index is 11.4. The number of nitrogens with zero attached hydrogens (tertiary/aromatic N) is 2. The standard InChI is InChI=1S/C8H9IN2OS/c9-7-5-10-6-11(8(7)12)3-1-2-4-13/h1-2,5-6,13H,3-4H2/b2-1+. The highest BCUT2D eigenvalue weighted by Gasteiger charge is 1.97. The fourth-order valence-corrected chi connectivity index (χ4v) is 1.44. The van der Waals surface area contributed by atoms with Crippen molar-refractivity contribution in [1.82, 2.24) is 9.55 Å². The molecule has 0 aliphatic carbocycles. The summed E-state index contributed by atoms with van der Waals surface area (Å²) in [6.45, 7) is 0.559. The lowest BCUT2D eigenvalue weighted by Gasteiger charge is -1.99. The third-order valence-electron chi connectivity index (χ3n) is 1.43. The van der Waals surface area contributed by atoms with Crippen LogP contribution in [0.2, 0.25) is 0 Å². The second-order valence-electron chi connectivity index (χ2n) is 2.35. The number of thiol groups is 1. The maximum Gasteiger partial charge on any atom is 0.267 e. The molecule has 0 saturated heterocycles. The summed E-state index contributed by atoms with van der Waals surface area (Å²) < 4.78 is 2.20. The summed E-state index contributed by atoms with van der Waals surface area (Å²) >= 11 is 6.00. The Labute approximate surface area is 95.4 Å². The molecular weight excluding hydrogens is 299 g/mol. The van der Waals surface area contributed by atoms with Crippen molar-refractivity contribution in [3.63, 3.8) is 0 Å². The van der Waals surface area contributed by atoms with Crippen molar-refractivity contribution in [3.8, 4) is 0 Å².